The molecular weight excluding hydrogens is 418 g/mol. The molecule has 2 aromatic rings. The zero-order chi connectivity index (χ0) is 23.8. The van der Waals surface area contributed by atoms with Crippen molar-refractivity contribution in [2.45, 2.75) is 78.2 Å². The molecule has 0 radical (unpaired) electrons. The molecule has 0 saturated heterocycles. The molecule has 2 nitrogen and oxygen atoms in total. The van der Waals surface area contributed by atoms with Crippen LogP contribution in [0.2, 0.25) is 5.54 Å². The summed E-state index contributed by atoms with van der Waals surface area (Å²) in [5.41, 5.74) is 2.98. The summed E-state index contributed by atoms with van der Waals surface area (Å²) >= 11 is 0. The molecule has 0 spiro atoms. The lowest BCUT2D eigenvalue weighted by molar-refractivity contribution is 0.00914. The van der Waals surface area contributed by atoms with E-state index >= 15 is 0 Å². The van der Waals surface area contributed by atoms with Crippen LogP contribution in [0.3, 0.4) is 0 Å². The molecule has 1 fully saturated rings. The summed E-state index contributed by atoms with van der Waals surface area (Å²) in [5.74, 6) is 1.01. The van der Waals surface area contributed by atoms with E-state index in [9.17, 15) is 0 Å². The van der Waals surface area contributed by atoms with Gasteiger partial charge in [0.15, 0.2) is 8.24 Å². The maximum Gasteiger partial charge on any atom is 0.196 e. The third-order valence-electron chi connectivity index (χ3n) is 7.15. The van der Waals surface area contributed by atoms with Gasteiger partial charge in [-0.2, -0.15) is 0 Å². The van der Waals surface area contributed by atoms with E-state index in [0.717, 1.165) is 6.42 Å². The Morgan fingerprint density at radius 1 is 0.848 bits per heavy atom. The minimum Gasteiger partial charge on any atom is -0.375 e. The molecule has 2 aliphatic carbocycles. The second kappa shape index (κ2) is 9.36. The van der Waals surface area contributed by atoms with Crippen molar-refractivity contribution in [3.8, 4) is 0 Å². The molecule has 4 rings (SSSR count). The van der Waals surface area contributed by atoms with Gasteiger partial charge in [-0.3, -0.25) is 0 Å². The van der Waals surface area contributed by atoms with E-state index in [1.165, 1.54) is 21.5 Å². The molecule has 2 aromatic carbocycles. The van der Waals surface area contributed by atoms with E-state index in [4.69, 9.17) is 4.74 Å². The van der Waals surface area contributed by atoms with Crippen molar-refractivity contribution in [1.82, 2.24) is 4.98 Å². The van der Waals surface area contributed by atoms with Gasteiger partial charge in [-0.1, -0.05) is 84.0 Å². The molecule has 0 bridgehead atoms. The second-order valence-electron chi connectivity index (χ2n) is 11.4. The Labute approximate surface area is 202 Å². The van der Waals surface area contributed by atoms with Gasteiger partial charge in [-0.15, -0.1) is 0 Å². The highest BCUT2D eigenvalue weighted by Gasteiger charge is 2.58. The van der Waals surface area contributed by atoms with Crippen LogP contribution in [0.4, 0.5) is 0 Å². The lowest BCUT2D eigenvalue weighted by atomic mass is 9.92. The van der Waals surface area contributed by atoms with E-state index in [-0.39, 0.29) is 17.7 Å². The third kappa shape index (κ3) is 4.96. The van der Waals surface area contributed by atoms with Crippen molar-refractivity contribution in [2.24, 2.45) is 11.8 Å². The van der Waals surface area contributed by atoms with Gasteiger partial charge in [0.2, 0.25) is 0 Å². The average Bonchev–Trinajstić information content (AvgIpc) is 3.10. The number of ether oxygens (including phenoxy) is 1. The number of rotatable bonds is 6. The first kappa shape index (κ1) is 24.2. The van der Waals surface area contributed by atoms with Crippen LogP contribution < -0.4 is 15.4 Å². The van der Waals surface area contributed by atoms with Crippen molar-refractivity contribution in [1.29, 1.82) is 0 Å². The van der Waals surface area contributed by atoms with Crippen molar-refractivity contribution in [2.75, 3.05) is 0 Å². The average molecular weight is 460 g/mol. The number of hydrogen-bond acceptors (Lipinski definition) is 2. The molecule has 3 heteroatoms. The van der Waals surface area contributed by atoms with Crippen LogP contribution in [0.5, 0.6) is 0 Å². The van der Waals surface area contributed by atoms with E-state index < -0.39 is 8.24 Å². The van der Waals surface area contributed by atoms with E-state index in [1.54, 1.807) is 0 Å². The predicted molar refractivity (Wildman–Crippen MR) is 144 cm³/mol. The lowest BCUT2D eigenvalue weighted by Gasteiger charge is -2.47. The zero-order valence-electron chi connectivity index (χ0n) is 21.4. The third-order valence-corrected chi connectivity index (χ3v) is 12.5. The smallest absolute Gasteiger partial charge is 0.196 e. The number of fused-ring (bicyclic) bond motifs is 1. The first-order valence-electron chi connectivity index (χ1n) is 12.5. The molecule has 0 heterocycles. The van der Waals surface area contributed by atoms with Crippen molar-refractivity contribution in [3.63, 3.8) is 0 Å². The summed E-state index contributed by atoms with van der Waals surface area (Å²) in [4.78, 5) is 4.32. The molecular formula is C30H41NOSi. The Morgan fingerprint density at radius 2 is 1.36 bits per heavy atom. The molecule has 1 saturated carbocycles. The molecule has 4 unspecified atom stereocenters. The summed E-state index contributed by atoms with van der Waals surface area (Å²) in [6, 6.07) is 18.7. The Morgan fingerprint density at radius 3 is 1.85 bits per heavy atom. The monoisotopic (exact) mass is 459 g/mol. The Hall–Kier alpha value is -1.94. The highest BCUT2D eigenvalue weighted by atomic mass is 28.3. The molecule has 1 N–H and O–H groups in total. The highest BCUT2D eigenvalue weighted by molar-refractivity contribution is 7.01. The summed E-state index contributed by atoms with van der Waals surface area (Å²) in [6.07, 6.45) is 10.9. The zero-order valence-corrected chi connectivity index (χ0v) is 22.4. The number of allylic oxidation sites excluding steroid dienone is 4. The first-order chi connectivity index (χ1) is 15.6. The first-order valence-corrected chi connectivity index (χ1v) is 14.6. The van der Waals surface area contributed by atoms with Gasteiger partial charge in [-0.25, -0.2) is 0 Å². The van der Waals surface area contributed by atoms with Crippen LogP contribution in [-0.4, -0.2) is 26.0 Å². The fraction of sp³-hybridized carbons (Fsp3) is 0.467. The summed E-state index contributed by atoms with van der Waals surface area (Å²) in [7, 11) is -2.49. The molecule has 33 heavy (non-hydrogen) atoms. The van der Waals surface area contributed by atoms with Crippen LogP contribution >= 0.6 is 0 Å². The number of hydrogen-bond donors (Lipinski definition) is 1. The van der Waals surface area contributed by atoms with Crippen molar-refractivity contribution >= 4 is 18.6 Å². The fourth-order valence-corrected chi connectivity index (χ4v) is 11.9. The Bertz CT molecular complexity index is 952. The predicted octanol–water partition coefficient (Wildman–Crippen LogP) is 5.68. The van der Waals surface area contributed by atoms with Gasteiger partial charge < -0.3 is 9.72 Å². The molecule has 0 aromatic heterocycles. The maximum absolute atomic E-state index is 6.75. The van der Waals surface area contributed by atoms with E-state index in [1.807, 2.05) is 0 Å². The van der Waals surface area contributed by atoms with Gasteiger partial charge in [0.05, 0.1) is 12.2 Å². The van der Waals surface area contributed by atoms with Crippen molar-refractivity contribution in [3.05, 3.63) is 84.0 Å². The molecule has 0 aliphatic heterocycles. The summed E-state index contributed by atoms with van der Waals surface area (Å²) in [5, 5.41) is 2.91. The minimum atomic E-state index is -2.49. The van der Waals surface area contributed by atoms with Gasteiger partial charge in [0.1, 0.15) is 0 Å². The molecule has 4 atom stereocenters. The SMILES string of the molecule is Cc1ccc([Si](NC(C)(C)C)(c2ccc(C)cc2)C2C(OC(C)C)CC3C=CC=CC32)cc1. The standard InChI is InChI=1S/C30H41NOSi/c1-21(2)32-28-20-24-10-8-9-11-27(24)29(28)33(31-30(5,6)7,25-16-12-22(3)13-17-25)26-18-14-23(4)15-19-26/h8-19,21,24,27-29,31H,20H2,1-7H3. The van der Waals surface area contributed by atoms with E-state index in [2.05, 4.69) is 126 Å². The molecule has 0 amide bonds. The van der Waals surface area contributed by atoms with Crippen LogP contribution in [0.1, 0.15) is 52.2 Å². The van der Waals surface area contributed by atoms with Gasteiger partial charge in [0.25, 0.3) is 0 Å². The largest absolute Gasteiger partial charge is 0.375 e. The van der Waals surface area contributed by atoms with Gasteiger partial charge >= 0.3 is 0 Å². The van der Waals surface area contributed by atoms with E-state index in [0.29, 0.717) is 17.4 Å². The maximum atomic E-state index is 6.75. The second-order valence-corrected chi connectivity index (χ2v) is 15.1. The van der Waals surface area contributed by atoms with Gasteiger partial charge in [0, 0.05) is 11.1 Å². The Kier molecular flexibility index (Phi) is 6.86. The lowest BCUT2D eigenvalue weighted by Crippen LogP contribution is -2.76. The number of nitrogens with one attached hydrogen (secondary N) is 1. The van der Waals surface area contributed by atoms with Crippen molar-refractivity contribution < 1.29 is 4.74 Å². The van der Waals surface area contributed by atoms with Crippen LogP contribution in [0.15, 0.2) is 72.8 Å². The quantitative estimate of drug-likeness (QED) is 0.561. The minimum absolute atomic E-state index is 0.0311. The summed E-state index contributed by atoms with van der Waals surface area (Å²) in [6.45, 7) is 15.7. The normalized spacial score (nSPS) is 25.0. The molecule has 176 valence electrons. The van der Waals surface area contributed by atoms with Crippen LogP contribution in [0.25, 0.3) is 0 Å². The van der Waals surface area contributed by atoms with Crippen LogP contribution in [-0.2, 0) is 4.74 Å². The topological polar surface area (TPSA) is 21.3 Å². The van der Waals surface area contributed by atoms with Crippen LogP contribution in [0, 0.1) is 25.7 Å². The number of aryl methyl sites for hydroxylation is 2. The number of benzene rings is 2. The fourth-order valence-electron chi connectivity index (χ4n) is 6.02. The molecule has 2 aliphatic rings. The van der Waals surface area contributed by atoms with Gasteiger partial charge in [-0.05, 0) is 77.1 Å². The highest BCUT2D eigenvalue weighted by Crippen LogP contribution is 2.50. The summed E-state index contributed by atoms with van der Waals surface area (Å²) < 4.78 is 6.75. The Balaban J connectivity index is 2.00.